The molecule has 116 valence electrons. The molecule has 2 rings (SSSR count). The molecule has 0 unspecified atom stereocenters. The summed E-state index contributed by atoms with van der Waals surface area (Å²) in [4.78, 5) is 16.6. The highest BCUT2D eigenvalue weighted by atomic mass is 32.2. The van der Waals surface area contributed by atoms with Crippen molar-refractivity contribution in [3.63, 3.8) is 0 Å². The van der Waals surface area contributed by atoms with Gasteiger partial charge < -0.3 is 11.5 Å². The van der Waals surface area contributed by atoms with Crippen LogP contribution in [0, 0.1) is 0 Å². The Kier molecular flexibility index (Phi) is 4.76. The monoisotopic (exact) mass is 313 g/mol. The number of nitrogens with zero attached hydrogens (tertiary/aromatic N) is 3. The van der Waals surface area contributed by atoms with Crippen molar-refractivity contribution in [2.45, 2.75) is 11.3 Å². The second kappa shape index (κ2) is 6.37. The number of anilines is 1. The summed E-state index contributed by atoms with van der Waals surface area (Å²) in [5.74, 6) is -0.418. The van der Waals surface area contributed by atoms with E-state index in [1.54, 1.807) is 6.07 Å². The summed E-state index contributed by atoms with van der Waals surface area (Å²) in [5, 5.41) is 0. The van der Waals surface area contributed by atoms with Crippen LogP contribution in [0.25, 0.3) is 0 Å². The molecule has 1 aromatic rings. The van der Waals surface area contributed by atoms with Crippen molar-refractivity contribution in [2.75, 3.05) is 38.5 Å². The summed E-state index contributed by atoms with van der Waals surface area (Å²) in [5.41, 5.74) is 10.8. The van der Waals surface area contributed by atoms with Gasteiger partial charge in [0.05, 0.1) is 6.54 Å². The number of hydrogen-bond donors (Lipinski definition) is 2. The van der Waals surface area contributed by atoms with Crippen LogP contribution in [0.2, 0.25) is 0 Å². The first-order valence-corrected chi connectivity index (χ1v) is 8.06. The van der Waals surface area contributed by atoms with Gasteiger partial charge in [0, 0.05) is 25.8 Å². The Bertz CT molecular complexity index is 619. The predicted molar refractivity (Wildman–Crippen MR) is 77.7 cm³/mol. The SMILES string of the molecule is NC(=O)CN1CCCN(S(=O)(=O)c2cccnc2N)CC1. The van der Waals surface area contributed by atoms with Gasteiger partial charge in [-0.05, 0) is 25.1 Å². The van der Waals surface area contributed by atoms with Crippen LogP contribution in [-0.2, 0) is 14.8 Å². The van der Waals surface area contributed by atoms with E-state index in [1.807, 2.05) is 4.90 Å². The number of rotatable bonds is 4. The number of aromatic nitrogens is 1. The molecule has 1 amide bonds. The highest BCUT2D eigenvalue weighted by molar-refractivity contribution is 7.89. The normalized spacial score (nSPS) is 18.3. The molecular formula is C12H19N5O3S. The average molecular weight is 313 g/mol. The van der Waals surface area contributed by atoms with Crippen LogP contribution in [-0.4, -0.2) is 61.2 Å². The zero-order valence-corrected chi connectivity index (χ0v) is 12.4. The first-order chi connectivity index (χ1) is 9.91. The average Bonchev–Trinajstić information content (AvgIpc) is 2.64. The molecule has 1 aliphatic heterocycles. The fourth-order valence-electron chi connectivity index (χ4n) is 2.33. The van der Waals surface area contributed by atoms with Crippen molar-refractivity contribution in [2.24, 2.45) is 5.73 Å². The second-order valence-corrected chi connectivity index (χ2v) is 6.79. The molecule has 0 bridgehead atoms. The third-order valence-electron chi connectivity index (χ3n) is 3.34. The summed E-state index contributed by atoms with van der Waals surface area (Å²) in [6.07, 6.45) is 2.08. The van der Waals surface area contributed by atoms with Crippen LogP contribution in [0.5, 0.6) is 0 Å². The van der Waals surface area contributed by atoms with E-state index in [2.05, 4.69) is 4.98 Å². The zero-order chi connectivity index (χ0) is 15.5. The molecule has 1 aromatic heterocycles. The number of carbonyl (C=O) groups is 1. The quantitative estimate of drug-likeness (QED) is 0.723. The molecule has 21 heavy (non-hydrogen) atoms. The molecule has 0 aromatic carbocycles. The molecule has 1 fully saturated rings. The molecular weight excluding hydrogens is 294 g/mol. The molecule has 1 aliphatic rings. The highest BCUT2D eigenvalue weighted by Crippen LogP contribution is 2.21. The third-order valence-corrected chi connectivity index (χ3v) is 5.29. The van der Waals surface area contributed by atoms with Crippen molar-refractivity contribution in [1.29, 1.82) is 0 Å². The number of amides is 1. The fraction of sp³-hybridized carbons (Fsp3) is 0.500. The lowest BCUT2D eigenvalue weighted by Gasteiger charge is -2.21. The summed E-state index contributed by atoms with van der Waals surface area (Å²) in [6.45, 7) is 1.92. The van der Waals surface area contributed by atoms with E-state index in [4.69, 9.17) is 11.5 Å². The summed E-state index contributed by atoms with van der Waals surface area (Å²) >= 11 is 0. The lowest BCUT2D eigenvalue weighted by atomic mass is 10.4. The number of carbonyl (C=O) groups excluding carboxylic acids is 1. The van der Waals surface area contributed by atoms with Gasteiger partial charge in [0.1, 0.15) is 10.7 Å². The summed E-state index contributed by atoms with van der Waals surface area (Å²) in [7, 11) is -3.66. The van der Waals surface area contributed by atoms with Gasteiger partial charge >= 0.3 is 0 Å². The smallest absolute Gasteiger partial charge is 0.246 e. The zero-order valence-electron chi connectivity index (χ0n) is 11.6. The van der Waals surface area contributed by atoms with Crippen LogP contribution in [0.15, 0.2) is 23.2 Å². The van der Waals surface area contributed by atoms with Crippen LogP contribution >= 0.6 is 0 Å². The van der Waals surface area contributed by atoms with Gasteiger partial charge in [-0.3, -0.25) is 9.69 Å². The number of sulfonamides is 1. The molecule has 0 saturated carbocycles. The molecule has 4 N–H and O–H groups in total. The minimum atomic E-state index is -3.66. The molecule has 0 radical (unpaired) electrons. The van der Waals surface area contributed by atoms with Crippen LogP contribution < -0.4 is 11.5 Å². The first kappa shape index (κ1) is 15.7. The summed E-state index contributed by atoms with van der Waals surface area (Å²) in [6, 6.07) is 2.99. The van der Waals surface area contributed by atoms with E-state index < -0.39 is 15.9 Å². The molecule has 0 atom stereocenters. The largest absolute Gasteiger partial charge is 0.383 e. The molecule has 8 nitrogen and oxygen atoms in total. The van der Waals surface area contributed by atoms with Crippen molar-refractivity contribution in [3.05, 3.63) is 18.3 Å². The third kappa shape index (κ3) is 3.69. The Morgan fingerprint density at radius 3 is 2.71 bits per heavy atom. The molecule has 2 heterocycles. The number of hydrogen-bond acceptors (Lipinski definition) is 6. The van der Waals surface area contributed by atoms with E-state index in [1.165, 1.54) is 16.6 Å². The van der Waals surface area contributed by atoms with Gasteiger partial charge in [0.2, 0.25) is 15.9 Å². The fourth-order valence-corrected chi connectivity index (χ4v) is 3.86. The van der Waals surface area contributed by atoms with E-state index in [-0.39, 0.29) is 17.3 Å². The van der Waals surface area contributed by atoms with Crippen LogP contribution in [0.4, 0.5) is 5.82 Å². The maximum atomic E-state index is 12.6. The van der Waals surface area contributed by atoms with Gasteiger partial charge in [-0.25, -0.2) is 13.4 Å². The summed E-state index contributed by atoms with van der Waals surface area (Å²) < 4.78 is 26.5. The number of nitrogen functional groups attached to an aromatic ring is 1. The lowest BCUT2D eigenvalue weighted by Crippen LogP contribution is -2.38. The second-order valence-electron chi connectivity index (χ2n) is 4.89. The number of pyridine rings is 1. The van der Waals surface area contributed by atoms with E-state index >= 15 is 0 Å². The Morgan fingerprint density at radius 1 is 1.29 bits per heavy atom. The van der Waals surface area contributed by atoms with Crippen LogP contribution in [0.1, 0.15) is 6.42 Å². The predicted octanol–water partition coefficient (Wildman–Crippen LogP) is -1.15. The van der Waals surface area contributed by atoms with Gasteiger partial charge in [0.25, 0.3) is 0 Å². The highest BCUT2D eigenvalue weighted by Gasteiger charge is 2.28. The molecule has 0 spiro atoms. The van der Waals surface area contributed by atoms with E-state index in [0.717, 1.165) is 0 Å². The topological polar surface area (TPSA) is 123 Å². The number of nitrogens with two attached hydrogens (primary N) is 2. The first-order valence-electron chi connectivity index (χ1n) is 6.62. The maximum absolute atomic E-state index is 12.6. The molecule has 0 aliphatic carbocycles. The van der Waals surface area contributed by atoms with Gasteiger partial charge in [-0.1, -0.05) is 0 Å². The van der Waals surface area contributed by atoms with Crippen molar-refractivity contribution in [3.8, 4) is 0 Å². The molecule has 9 heteroatoms. The number of primary amides is 1. The van der Waals surface area contributed by atoms with Crippen LogP contribution in [0.3, 0.4) is 0 Å². The molecule has 1 saturated heterocycles. The standard InChI is InChI=1S/C12H19N5O3S/c13-11(18)9-16-5-2-6-17(8-7-16)21(19,20)10-3-1-4-15-12(10)14/h1,3-4H,2,5-9H2,(H2,13,18)(H2,14,15). The Labute approximate surface area is 123 Å². The van der Waals surface area contributed by atoms with Gasteiger partial charge in [-0.15, -0.1) is 0 Å². The Balaban J connectivity index is 2.15. The van der Waals surface area contributed by atoms with E-state index in [9.17, 15) is 13.2 Å². The van der Waals surface area contributed by atoms with E-state index in [0.29, 0.717) is 32.6 Å². The van der Waals surface area contributed by atoms with Gasteiger partial charge in [0.15, 0.2) is 0 Å². The van der Waals surface area contributed by atoms with Gasteiger partial charge in [-0.2, -0.15) is 4.31 Å². The van der Waals surface area contributed by atoms with Crippen molar-refractivity contribution >= 4 is 21.7 Å². The Hall–Kier alpha value is -1.71. The lowest BCUT2D eigenvalue weighted by molar-refractivity contribution is -0.119. The minimum Gasteiger partial charge on any atom is -0.383 e. The minimum absolute atomic E-state index is 0.00395. The maximum Gasteiger partial charge on any atom is 0.246 e. The van der Waals surface area contributed by atoms with Crippen molar-refractivity contribution < 1.29 is 13.2 Å². The Morgan fingerprint density at radius 2 is 2.05 bits per heavy atom. The van der Waals surface area contributed by atoms with Crippen molar-refractivity contribution in [1.82, 2.24) is 14.2 Å².